The van der Waals surface area contributed by atoms with E-state index in [1.54, 1.807) is 28.0 Å². The molecule has 0 radical (unpaired) electrons. The van der Waals surface area contributed by atoms with Gasteiger partial charge in [-0.25, -0.2) is 4.79 Å². The number of nitrogens with zero attached hydrogens (tertiary/aromatic N) is 2. The minimum absolute atomic E-state index is 0.00378. The molecule has 1 aliphatic heterocycles. The van der Waals surface area contributed by atoms with Crippen LogP contribution in [0.2, 0.25) is 0 Å². The Kier molecular flexibility index (Phi) is 5.02. The number of rotatable bonds is 3. The number of carboxylic acid groups (broad SMARTS) is 1. The molecule has 2 aromatic rings. The second-order valence-electron chi connectivity index (χ2n) is 6.25. The number of amides is 2. The fourth-order valence-corrected chi connectivity index (χ4v) is 3.12. The van der Waals surface area contributed by atoms with Crippen LogP contribution in [-0.2, 0) is 0 Å². The van der Waals surface area contributed by atoms with Gasteiger partial charge in [0.2, 0.25) is 0 Å². The lowest BCUT2D eigenvalue weighted by atomic mass is 10.1. The lowest BCUT2D eigenvalue weighted by Crippen LogP contribution is -2.50. The first-order valence-corrected chi connectivity index (χ1v) is 8.45. The summed E-state index contributed by atoms with van der Waals surface area (Å²) in [5, 5.41) is 9.26. The average Bonchev–Trinajstić information content (AvgIpc) is 2.67. The van der Waals surface area contributed by atoms with Gasteiger partial charge in [0.25, 0.3) is 11.8 Å². The molecule has 0 saturated carbocycles. The van der Waals surface area contributed by atoms with Crippen LogP contribution in [0.4, 0.5) is 0 Å². The number of hydrogen-bond acceptors (Lipinski definition) is 3. The summed E-state index contributed by atoms with van der Waals surface area (Å²) in [5.41, 5.74) is 1.77. The molecule has 2 amide bonds. The zero-order chi connectivity index (χ0) is 18.7. The molecule has 3 rings (SSSR count). The van der Waals surface area contributed by atoms with Crippen LogP contribution in [0.15, 0.2) is 48.5 Å². The topological polar surface area (TPSA) is 77.9 Å². The van der Waals surface area contributed by atoms with Crippen molar-refractivity contribution in [2.75, 3.05) is 26.2 Å². The monoisotopic (exact) mass is 352 g/mol. The van der Waals surface area contributed by atoms with Gasteiger partial charge in [0.05, 0.1) is 11.1 Å². The second-order valence-corrected chi connectivity index (χ2v) is 6.25. The molecular weight excluding hydrogens is 332 g/mol. The number of aromatic carboxylic acids is 1. The Hall–Kier alpha value is -3.15. The van der Waals surface area contributed by atoms with Crippen LogP contribution in [0.5, 0.6) is 0 Å². The highest BCUT2D eigenvalue weighted by molar-refractivity contribution is 6.05. The molecule has 0 spiro atoms. The summed E-state index contributed by atoms with van der Waals surface area (Å²) in [6, 6.07) is 13.6. The van der Waals surface area contributed by atoms with E-state index in [1.165, 1.54) is 12.1 Å². The van der Waals surface area contributed by atoms with Crippen molar-refractivity contribution in [2.24, 2.45) is 0 Å². The fourth-order valence-electron chi connectivity index (χ4n) is 3.12. The first-order chi connectivity index (χ1) is 12.5. The van der Waals surface area contributed by atoms with E-state index >= 15 is 0 Å². The Balaban J connectivity index is 1.69. The molecule has 6 nitrogen and oxygen atoms in total. The third-order valence-corrected chi connectivity index (χ3v) is 4.62. The largest absolute Gasteiger partial charge is 0.478 e. The summed E-state index contributed by atoms with van der Waals surface area (Å²) in [6.45, 7) is 3.51. The van der Waals surface area contributed by atoms with Crippen LogP contribution >= 0.6 is 0 Å². The number of benzene rings is 2. The Bertz CT molecular complexity index is 854. The van der Waals surface area contributed by atoms with E-state index in [9.17, 15) is 19.5 Å². The number of aryl methyl sites for hydroxylation is 1. The summed E-state index contributed by atoms with van der Waals surface area (Å²) in [6.07, 6.45) is 0. The van der Waals surface area contributed by atoms with Crippen LogP contribution in [0.25, 0.3) is 0 Å². The van der Waals surface area contributed by atoms with E-state index < -0.39 is 5.97 Å². The number of carboxylic acids is 1. The van der Waals surface area contributed by atoms with E-state index in [1.807, 2.05) is 25.1 Å². The van der Waals surface area contributed by atoms with E-state index in [0.717, 1.165) is 5.56 Å². The summed E-state index contributed by atoms with van der Waals surface area (Å²) < 4.78 is 0. The lowest BCUT2D eigenvalue weighted by molar-refractivity contribution is 0.0531. The van der Waals surface area contributed by atoms with E-state index in [0.29, 0.717) is 31.7 Å². The summed E-state index contributed by atoms with van der Waals surface area (Å²) in [4.78, 5) is 40.0. The highest BCUT2D eigenvalue weighted by Crippen LogP contribution is 2.16. The van der Waals surface area contributed by atoms with Crippen molar-refractivity contribution >= 4 is 17.8 Å². The van der Waals surface area contributed by atoms with Crippen LogP contribution in [0, 0.1) is 6.92 Å². The van der Waals surface area contributed by atoms with Crippen molar-refractivity contribution in [3.05, 3.63) is 70.8 Å². The SMILES string of the molecule is Cc1ccccc1C(=O)N1CCN(C(=O)c2ccccc2C(=O)O)CC1. The molecule has 1 fully saturated rings. The minimum atomic E-state index is -1.12. The Morgan fingerprint density at radius 3 is 1.65 bits per heavy atom. The molecule has 2 aromatic carbocycles. The van der Waals surface area contributed by atoms with Gasteiger partial charge < -0.3 is 14.9 Å². The van der Waals surface area contributed by atoms with E-state index in [4.69, 9.17) is 0 Å². The molecule has 1 N–H and O–H groups in total. The van der Waals surface area contributed by atoms with E-state index in [2.05, 4.69) is 0 Å². The second kappa shape index (κ2) is 7.39. The van der Waals surface area contributed by atoms with Gasteiger partial charge in [-0.1, -0.05) is 30.3 Å². The summed E-state index contributed by atoms with van der Waals surface area (Å²) in [7, 11) is 0. The zero-order valence-electron chi connectivity index (χ0n) is 14.5. The number of carbonyl (C=O) groups is 3. The lowest BCUT2D eigenvalue weighted by Gasteiger charge is -2.35. The van der Waals surface area contributed by atoms with Crippen molar-refractivity contribution < 1.29 is 19.5 Å². The zero-order valence-corrected chi connectivity index (χ0v) is 14.5. The Labute approximate surface area is 151 Å². The first kappa shape index (κ1) is 17.7. The molecule has 0 aliphatic carbocycles. The molecule has 0 unspecified atom stereocenters. The van der Waals surface area contributed by atoms with Crippen LogP contribution < -0.4 is 0 Å². The van der Waals surface area contributed by atoms with Gasteiger partial charge in [-0.3, -0.25) is 9.59 Å². The average molecular weight is 352 g/mol. The normalized spacial score (nSPS) is 14.2. The fraction of sp³-hybridized carbons (Fsp3) is 0.250. The Morgan fingerprint density at radius 2 is 1.15 bits per heavy atom. The highest BCUT2D eigenvalue weighted by atomic mass is 16.4. The van der Waals surface area contributed by atoms with Gasteiger partial charge in [0, 0.05) is 31.7 Å². The van der Waals surface area contributed by atoms with Gasteiger partial charge in [-0.05, 0) is 30.7 Å². The maximum atomic E-state index is 12.7. The maximum Gasteiger partial charge on any atom is 0.336 e. The van der Waals surface area contributed by atoms with Crippen molar-refractivity contribution in [2.45, 2.75) is 6.92 Å². The number of hydrogen-bond donors (Lipinski definition) is 1. The van der Waals surface area contributed by atoms with Crippen LogP contribution in [-0.4, -0.2) is 58.9 Å². The third kappa shape index (κ3) is 3.44. The maximum absolute atomic E-state index is 12.7. The summed E-state index contributed by atoms with van der Waals surface area (Å²) >= 11 is 0. The first-order valence-electron chi connectivity index (χ1n) is 8.45. The molecule has 6 heteroatoms. The third-order valence-electron chi connectivity index (χ3n) is 4.62. The van der Waals surface area contributed by atoms with E-state index in [-0.39, 0.29) is 22.9 Å². The van der Waals surface area contributed by atoms with Crippen LogP contribution in [0.1, 0.15) is 36.6 Å². The van der Waals surface area contributed by atoms with Gasteiger partial charge in [-0.2, -0.15) is 0 Å². The van der Waals surface area contributed by atoms with Crippen molar-refractivity contribution in [1.82, 2.24) is 9.80 Å². The quantitative estimate of drug-likeness (QED) is 0.919. The molecule has 0 bridgehead atoms. The molecular formula is C20H20N2O4. The standard InChI is InChI=1S/C20H20N2O4/c1-14-6-2-3-7-15(14)18(23)21-10-12-22(13-11-21)19(24)16-8-4-5-9-17(16)20(25)26/h2-9H,10-13H2,1H3,(H,25,26). The minimum Gasteiger partial charge on any atom is -0.478 e. The van der Waals surface area contributed by atoms with Gasteiger partial charge in [-0.15, -0.1) is 0 Å². The van der Waals surface area contributed by atoms with Crippen molar-refractivity contribution in [3.8, 4) is 0 Å². The number of carbonyl (C=O) groups excluding carboxylic acids is 2. The highest BCUT2D eigenvalue weighted by Gasteiger charge is 2.27. The smallest absolute Gasteiger partial charge is 0.336 e. The molecule has 1 aliphatic rings. The molecule has 134 valence electrons. The predicted molar refractivity (Wildman–Crippen MR) is 96.4 cm³/mol. The molecule has 0 aromatic heterocycles. The molecule has 1 heterocycles. The molecule has 26 heavy (non-hydrogen) atoms. The number of piperazine rings is 1. The van der Waals surface area contributed by atoms with Gasteiger partial charge >= 0.3 is 5.97 Å². The molecule has 0 atom stereocenters. The van der Waals surface area contributed by atoms with Crippen molar-refractivity contribution in [3.63, 3.8) is 0 Å². The van der Waals surface area contributed by atoms with Gasteiger partial charge in [0.1, 0.15) is 0 Å². The van der Waals surface area contributed by atoms with Crippen molar-refractivity contribution in [1.29, 1.82) is 0 Å². The molecule has 1 saturated heterocycles. The predicted octanol–water partition coefficient (Wildman–Crippen LogP) is 2.29. The van der Waals surface area contributed by atoms with Crippen LogP contribution in [0.3, 0.4) is 0 Å². The summed E-state index contributed by atoms with van der Waals surface area (Å²) in [5.74, 6) is -1.48. The van der Waals surface area contributed by atoms with Gasteiger partial charge in [0.15, 0.2) is 0 Å². The Morgan fingerprint density at radius 1 is 0.731 bits per heavy atom.